The van der Waals surface area contributed by atoms with Crippen LogP contribution in [0.1, 0.15) is 73.3 Å². The standard InChI is InChI=1S/C35H47FO4/c1-10-15-30(26(11-2)20-18-24(4)33(37)40-34(6,7)8)35(38,25(5)19-21-27(12-3)39-9)31-22-23-32(36)29-17-14-13-16-28(29)31/h11,13-14,16-23,30,33,37-38H,4,10,12,15H2,1-3,5-9H3. The number of hydrogen-bond acceptors (Lipinski definition) is 4. The zero-order valence-electron chi connectivity index (χ0n) is 25.4. The smallest absolute Gasteiger partial charge is 0.181 e. The third-order valence-corrected chi connectivity index (χ3v) is 7.10. The number of aliphatic hydroxyl groups is 2. The van der Waals surface area contributed by atoms with E-state index in [4.69, 9.17) is 9.47 Å². The molecule has 0 saturated carbocycles. The van der Waals surface area contributed by atoms with Gasteiger partial charge < -0.3 is 19.7 Å². The highest BCUT2D eigenvalue weighted by atomic mass is 19.1. The first-order valence-electron chi connectivity index (χ1n) is 14.0. The van der Waals surface area contributed by atoms with Crippen molar-refractivity contribution >= 4 is 10.8 Å². The highest BCUT2D eigenvalue weighted by Crippen LogP contribution is 2.46. The molecule has 0 spiro atoms. The van der Waals surface area contributed by atoms with E-state index < -0.39 is 23.4 Å². The van der Waals surface area contributed by atoms with E-state index in [-0.39, 0.29) is 5.82 Å². The van der Waals surface area contributed by atoms with Gasteiger partial charge in [0.25, 0.3) is 0 Å². The molecule has 0 radical (unpaired) electrons. The lowest BCUT2D eigenvalue weighted by Crippen LogP contribution is -2.38. The second-order valence-electron chi connectivity index (χ2n) is 11.1. The van der Waals surface area contributed by atoms with E-state index >= 15 is 0 Å². The molecule has 2 aromatic carbocycles. The third-order valence-electron chi connectivity index (χ3n) is 7.10. The Labute approximate surface area is 240 Å². The van der Waals surface area contributed by atoms with Gasteiger partial charge in [-0.1, -0.05) is 81.5 Å². The number of halogens is 1. The number of hydrogen-bond donors (Lipinski definition) is 2. The Kier molecular flexibility index (Phi) is 12.1. The van der Waals surface area contributed by atoms with Gasteiger partial charge in [0.1, 0.15) is 11.4 Å². The second kappa shape index (κ2) is 14.6. The summed E-state index contributed by atoms with van der Waals surface area (Å²) >= 11 is 0. The van der Waals surface area contributed by atoms with E-state index in [1.807, 2.05) is 78.0 Å². The molecular formula is C35H47FO4. The van der Waals surface area contributed by atoms with Gasteiger partial charge in [0.2, 0.25) is 0 Å². The van der Waals surface area contributed by atoms with Crippen LogP contribution in [0.2, 0.25) is 0 Å². The van der Waals surface area contributed by atoms with E-state index in [1.54, 1.807) is 31.4 Å². The minimum absolute atomic E-state index is 0.335. The van der Waals surface area contributed by atoms with Gasteiger partial charge in [0.05, 0.1) is 18.5 Å². The molecule has 5 heteroatoms. The van der Waals surface area contributed by atoms with Gasteiger partial charge in [-0.05, 0) is 75.3 Å². The van der Waals surface area contributed by atoms with Crippen LogP contribution in [0.15, 0.2) is 95.8 Å². The van der Waals surface area contributed by atoms with Gasteiger partial charge >= 0.3 is 0 Å². The molecule has 0 amide bonds. The summed E-state index contributed by atoms with van der Waals surface area (Å²) in [6, 6.07) is 10.4. The molecule has 218 valence electrons. The minimum atomic E-state index is -1.49. The monoisotopic (exact) mass is 550 g/mol. The fourth-order valence-corrected chi connectivity index (χ4v) is 4.96. The number of rotatable bonds is 13. The zero-order valence-corrected chi connectivity index (χ0v) is 25.4. The van der Waals surface area contributed by atoms with Gasteiger partial charge in [-0.25, -0.2) is 4.39 Å². The van der Waals surface area contributed by atoms with E-state index in [0.717, 1.165) is 17.8 Å². The van der Waals surface area contributed by atoms with Crippen LogP contribution in [0, 0.1) is 11.7 Å². The SMILES string of the molecule is C=C(C=CC(=CC)C(CCC)C(O)(C(C)=CC=C(CC)OC)c1ccc(F)c2ccccc12)C(O)OC(C)(C)C. The molecule has 0 heterocycles. The first-order chi connectivity index (χ1) is 18.8. The summed E-state index contributed by atoms with van der Waals surface area (Å²) in [7, 11) is 1.63. The number of fused-ring (bicyclic) bond motifs is 1. The van der Waals surface area contributed by atoms with Crippen molar-refractivity contribution in [3.05, 3.63) is 107 Å². The Morgan fingerprint density at radius 1 is 1.05 bits per heavy atom. The molecule has 0 aromatic heterocycles. The molecule has 0 bridgehead atoms. The van der Waals surface area contributed by atoms with Crippen molar-refractivity contribution in [2.24, 2.45) is 5.92 Å². The molecule has 2 N–H and O–H groups in total. The highest BCUT2D eigenvalue weighted by Gasteiger charge is 2.42. The summed E-state index contributed by atoms with van der Waals surface area (Å²) < 4.78 is 26.0. The van der Waals surface area contributed by atoms with Crippen molar-refractivity contribution in [2.75, 3.05) is 7.11 Å². The van der Waals surface area contributed by atoms with Crippen molar-refractivity contribution in [2.45, 2.75) is 85.2 Å². The summed E-state index contributed by atoms with van der Waals surface area (Å²) in [4.78, 5) is 0. The maximum atomic E-state index is 14.9. The number of benzene rings is 2. The molecule has 0 aliphatic heterocycles. The predicted octanol–water partition coefficient (Wildman–Crippen LogP) is 8.66. The summed E-state index contributed by atoms with van der Waals surface area (Å²) in [6.45, 7) is 17.5. The second-order valence-corrected chi connectivity index (χ2v) is 11.1. The average molecular weight is 551 g/mol. The molecule has 3 unspecified atom stereocenters. The number of methoxy groups -OCH3 is 1. The van der Waals surface area contributed by atoms with Crippen LogP contribution in [0.3, 0.4) is 0 Å². The highest BCUT2D eigenvalue weighted by molar-refractivity contribution is 5.87. The quantitative estimate of drug-likeness (QED) is 0.149. The van der Waals surface area contributed by atoms with Crippen LogP contribution in [0.4, 0.5) is 4.39 Å². The van der Waals surface area contributed by atoms with Crippen molar-refractivity contribution < 1.29 is 24.1 Å². The molecule has 2 rings (SSSR count). The van der Waals surface area contributed by atoms with Crippen LogP contribution >= 0.6 is 0 Å². The molecule has 0 aliphatic rings. The summed E-state index contributed by atoms with van der Waals surface area (Å²) in [6.07, 6.45) is 10.3. The Balaban J connectivity index is 2.78. The first-order valence-corrected chi connectivity index (χ1v) is 14.0. The van der Waals surface area contributed by atoms with Crippen molar-refractivity contribution in [3.8, 4) is 0 Å². The fourth-order valence-electron chi connectivity index (χ4n) is 4.96. The average Bonchev–Trinajstić information content (AvgIpc) is 2.92. The maximum absolute atomic E-state index is 14.9. The van der Waals surface area contributed by atoms with Crippen molar-refractivity contribution in [1.82, 2.24) is 0 Å². The lowest BCUT2D eigenvalue weighted by Gasteiger charge is -2.40. The molecule has 0 saturated heterocycles. The van der Waals surface area contributed by atoms with Crippen LogP contribution in [0.25, 0.3) is 10.8 Å². The molecule has 3 atom stereocenters. The summed E-state index contributed by atoms with van der Waals surface area (Å²) in [5, 5.41) is 24.5. The molecule has 40 heavy (non-hydrogen) atoms. The predicted molar refractivity (Wildman–Crippen MR) is 164 cm³/mol. The zero-order chi connectivity index (χ0) is 30.1. The first kappa shape index (κ1) is 33.2. The Morgan fingerprint density at radius 3 is 2.25 bits per heavy atom. The van der Waals surface area contributed by atoms with E-state index in [1.165, 1.54) is 6.07 Å². The van der Waals surface area contributed by atoms with Gasteiger partial charge in [-0.15, -0.1) is 0 Å². The van der Waals surface area contributed by atoms with Crippen molar-refractivity contribution in [3.63, 3.8) is 0 Å². The van der Waals surface area contributed by atoms with Crippen LogP contribution in [-0.4, -0.2) is 29.2 Å². The maximum Gasteiger partial charge on any atom is 0.181 e. The lowest BCUT2D eigenvalue weighted by atomic mass is 9.69. The summed E-state index contributed by atoms with van der Waals surface area (Å²) in [5.41, 5.74) is 0.574. The molecule has 0 fully saturated rings. The molecule has 2 aromatic rings. The number of ether oxygens (including phenoxy) is 2. The van der Waals surface area contributed by atoms with Gasteiger partial charge in [0.15, 0.2) is 6.29 Å². The Morgan fingerprint density at radius 2 is 1.70 bits per heavy atom. The van der Waals surface area contributed by atoms with Gasteiger partial charge in [-0.3, -0.25) is 0 Å². The largest absolute Gasteiger partial charge is 0.501 e. The fraction of sp³-hybridized carbons (Fsp3) is 0.429. The Hall–Kier alpha value is -2.99. The topological polar surface area (TPSA) is 58.9 Å². The lowest BCUT2D eigenvalue weighted by molar-refractivity contribution is -0.142. The molecular weight excluding hydrogens is 503 g/mol. The number of allylic oxidation sites excluding steroid dienone is 5. The minimum Gasteiger partial charge on any atom is -0.501 e. The van der Waals surface area contributed by atoms with Crippen molar-refractivity contribution in [1.29, 1.82) is 0 Å². The van der Waals surface area contributed by atoms with E-state index in [2.05, 4.69) is 13.5 Å². The normalized spacial score (nSPS) is 16.7. The third kappa shape index (κ3) is 8.03. The molecule has 4 nitrogen and oxygen atoms in total. The van der Waals surface area contributed by atoms with Gasteiger partial charge in [-0.2, -0.15) is 0 Å². The van der Waals surface area contributed by atoms with Gasteiger partial charge in [0, 0.05) is 23.3 Å². The van der Waals surface area contributed by atoms with Crippen LogP contribution < -0.4 is 0 Å². The number of aliphatic hydroxyl groups excluding tert-OH is 1. The van der Waals surface area contributed by atoms with Crippen LogP contribution in [0.5, 0.6) is 0 Å². The van der Waals surface area contributed by atoms with E-state index in [9.17, 15) is 14.6 Å². The molecule has 0 aliphatic carbocycles. The Bertz CT molecular complexity index is 1270. The summed E-state index contributed by atoms with van der Waals surface area (Å²) in [5.74, 6) is 0.0598. The van der Waals surface area contributed by atoms with Crippen LogP contribution in [-0.2, 0) is 15.1 Å². The van der Waals surface area contributed by atoms with E-state index in [0.29, 0.717) is 40.3 Å².